The number of nitrogens with one attached hydrogen (secondary N) is 1. The monoisotopic (exact) mass is 330 g/mol. The van der Waals surface area contributed by atoms with Crippen molar-refractivity contribution in [2.24, 2.45) is 5.73 Å². The van der Waals surface area contributed by atoms with Crippen molar-refractivity contribution in [3.63, 3.8) is 0 Å². The van der Waals surface area contributed by atoms with Crippen LogP contribution in [0.3, 0.4) is 0 Å². The summed E-state index contributed by atoms with van der Waals surface area (Å²) in [6.07, 6.45) is 1.69. The third-order valence-corrected chi connectivity index (χ3v) is 6.56. The van der Waals surface area contributed by atoms with Gasteiger partial charge in [0.2, 0.25) is 10.0 Å². The second-order valence-corrected chi connectivity index (χ2v) is 8.05. The Morgan fingerprint density at radius 2 is 2.10 bits per heavy atom. The first kappa shape index (κ1) is 15.7. The van der Waals surface area contributed by atoms with Gasteiger partial charge in [-0.2, -0.15) is 0 Å². The van der Waals surface area contributed by atoms with Gasteiger partial charge in [-0.25, -0.2) is 13.1 Å². The van der Waals surface area contributed by atoms with Gasteiger partial charge in [0.1, 0.15) is 0 Å². The summed E-state index contributed by atoms with van der Waals surface area (Å²) in [6, 6.07) is 5.35. The van der Waals surface area contributed by atoms with Gasteiger partial charge in [-0.3, -0.25) is 0 Å². The van der Waals surface area contributed by atoms with E-state index in [0.717, 1.165) is 17.7 Å². The maximum absolute atomic E-state index is 12.5. The van der Waals surface area contributed by atoms with E-state index in [1.54, 1.807) is 22.8 Å². The second-order valence-electron chi connectivity index (χ2n) is 4.39. The minimum Gasteiger partial charge on any atom is -0.326 e. The number of sulfonamides is 1. The fourth-order valence-electron chi connectivity index (χ4n) is 2.01. The Hall–Kier alpha value is -0.730. The molecule has 0 aromatic carbocycles. The SMILES string of the molecule is CCCC(NS(=O)(=O)c1ccsc1CN)c1cccs1. The molecule has 0 aliphatic heterocycles. The van der Waals surface area contributed by atoms with E-state index in [9.17, 15) is 8.42 Å². The zero-order valence-electron chi connectivity index (χ0n) is 11.2. The van der Waals surface area contributed by atoms with Crippen LogP contribution in [0.5, 0.6) is 0 Å². The van der Waals surface area contributed by atoms with Crippen molar-refractivity contribution in [2.75, 3.05) is 0 Å². The van der Waals surface area contributed by atoms with Crippen LogP contribution in [-0.4, -0.2) is 8.42 Å². The molecule has 2 aromatic rings. The molecule has 0 aliphatic carbocycles. The van der Waals surface area contributed by atoms with Crippen molar-refractivity contribution in [1.82, 2.24) is 4.72 Å². The third kappa shape index (κ3) is 3.48. The van der Waals surface area contributed by atoms with Gasteiger partial charge in [0.15, 0.2) is 0 Å². The van der Waals surface area contributed by atoms with Crippen molar-refractivity contribution in [3.05, 3.63) is 38.7 Å². The summed E-state index contributed by atoms with van der Waals surface area (Å²) < 4.78 is 27.8. The first-order valence-corrected chi connectivity index (χ1v) is 9.65. The zero-order valence-corrected chi connectivity index (χ0v) is 13.7. The van der Waals surface area contributed by atoms with Crippen LogP contribution in [0.2, 0.25) is 0 Å². The molecule has 1 atom stereocenters. The molecule has 0 radical (unpaired) electrons. The van der Waals surface area contributed by atoms with Gasteiger partial charge in [-0.15, -0.1) is 22.7 Å². The minimum atomic E-state index is -3.52. The van der Waals surface area contributed by atoms with Crippen LogP contribution >= 0.6 is 22.7 Å². The van der Waals surface area contributed by atoms with Gasteiger partial charge in [0, 0.05) is 16.3 Å². The lowest BCUT2D eigenvalue weighted by atomic mass is 10.1. The van der Waals surface area contributed by atoms with Gasteiger partial charge in [0.05, 0.1) is 10.9 Å². The van der Waals surface area contributed by atoms with Crippen LogP contribution in [0.4, 0.5) is 0 Å². The topological polar surface area (TPSA) is 72.2 Å². The summed E-state index contributed by atoms with van der Waals surface area (Å²) in [7, 11) is -3.52. The highest BCUT2D eigenvalue weighted by Crippen LogP contribution is 2.27. The quantitative estimate of drug-likeness (QED) is 0.819. The Labute approximate surface area is 127 Å². The van der Waals surface area contributed by atoms with E-state index < -0.39 is 10.0 Å². The van der Waals surface area contributed by atoms with Crippen LogP contribution in [0.15, 0.2) is 33.9 Å². The third-order valence-electron chi connectivity index (χ3n) is 2.94. The fourth-order valence-corrected chi connectivity index (χ4v) is 5.48. The maximum atomic E-state index is 12.5. The second kappa shape index (κ2) is 6.82. The number of hydrogen-bond donors (Lipinski definition) is 2. The van der Waals surface area contributed by atoms with Crippen molar-refractivity contribution in [2.45, 2.75) is 37.2 Å². The summed E-state index contributed by atoms with van der Waals surface area (Å²) in [5.74, 6) is 0. The lowest BCUT2D eigenvalue weighted by Crippen LogP contribution is -2.28. The largest absolute Gasteiger partial charge is 0.326 e. The van der Waals surface area contributed by atoms with Crippen LogP contribution in [0.25, 0.3) is 0 Å². The average molecular weight is 330 g/mol. The highest BCUT2D eigenvalue weighted by atomic mass is 32.2. The first-order chi connectivity index (χ1) is 9.58. The smallest absolute Gasteiger partial charge is 0.242 e. The van der Waals surface area contributed by atoms with E-state index in [-0.39, 0.29) is 12.6 Å². The van der Waals surface area contributed by atoms with Crippen LogP contribution in [-0.2, 0) is 16.6 Å². The molecule has 110 valence electrons. The van der Waals surface area contributed by atoms with E-state index in [0.29, 0.717) is 9.77 Å². The molecular weight excluding hydrogens is 312 g/mol. The lowest BCUT2D eigenvalue weighted by molar-refractivity contribution is 0.539. The van der Waals surface area contributed by atoms with Gasteiger partial charge < -0.3 is 5.73 Å². The van der Waals surface area contributed by atoms with Crippen LogP contribution in [0.1, 0.15) is 35.6 Å². The van der Waals surface area contributed by atoms with Gasteiger partial charge in [0.25, 0.3) is 0 Å². The van der Waals surface area contributed by atoms with E-state index in [2.05, 4.69) is 4.72 Å². The molecule has 20 heavy (non-hydrogen) atoms. The molecule has 4 nitrogen and oxygen atoms in total. The summed E-state index contributed by atoms with van der Waals surface area (Å²) in [5, 5.41) is 3.72. The minimum absolute atomic E-state index is 0.171. The predicted octanol–water partition coefficient (Wildman–Crippen LogP) is 3.09. The molecule has 2 aromatic heterocycles. The number of thiophene rings is 2. The number of rotatable bonds is 7. The van der Waals surface area contributed by atoms with Gasteiger partial charge in [-0.05, 0) is 29.3 Å². The molecule has 0 saturated heterocycles. The molecule has 1 unspecified atom stereocenters. The Bertz CT molecular complexity index is 632. The van der Waals surface area contributed by atoms with Crippen molar-refractivity contribution < 1.29 is 8.42 Å². The Balaban J connectivity index is 2.26. The summed E-state index contributed by atoms with van der Waals surface area (Å²) in [4.78, 5) is 2.04. The maximum Gasteiger partial charge on any atom is 0.242 e. The molecule has 0 amide bonds. The molecule has 3 N–H and O–H groups in total. The summed E-state index contributed by atoms with van der Waals surface area (Å²) >= 11 is 2.94. The van der Waals surface area contributed by atoms with E-state index in [1.165, 1.54) is 11.3 Å². The van der Waals surface area contributed by atoms with E-state index in [4.69, 9.17) is 5.73 Å². The molecule has 0 aliphatic rings. The molecule has 0 saturated carbocycles. The van der Waals surface area contributed by atoms with Crippen molar-refractivity contribution in [3.8, 4) is 0 Å². The number of nitrogens with two attached hydrogens (primary N) is 1. The Kier molecular flexibility index (Phi) is 5.34. The van der Waals surface area contributed by atoms with Crippen LogP contribution < -0.4 is 10.5 Å². The first-order valence-electron chi connectivity index (χ1n) is 6.40. The lowest BCUT2D eigenvalue weighted by Gasteiger charge is -2.17. The van der Waals surface area contributed by atoms with Gasteiger partial charge in [-0.1, -0.05) is 19.4 Å². The Morgan fingerprint density at radius 1 is 1.30 bits per heavy atom. The molecule has 2 rings (SSSR count). The zero-order chi connectivity index (χ0) is 14.6. The standard InChI is InChI=1S/C13H18N2O2S3/c1-2-4-10(11-5-3-7-18-11)15-20(16,17)13-6-8-19-12(13)9-14/h3,5-8,10,15H,2,4,9,14H2,1H3. The Morgan fingerprint density at radius 3 is 2.70 bits per heavy atom. The highest BCUT2D eigenvalue weighted by molar-refractivity contribution is 7.89. The molecule has 2 heterocycles. The normalized spacial score (nSPS) is 13.5. The molecule has 7 heteroatoms. The molecule has 0 spiro atoms. The molecular formula is C13H18N2O2S3. The van der Waals surface area contributed by atoms with E-state index in [1.807, 2.05) is 24.4 Å². The molecule has 0 bridgehead atoms. The summed E-state index contributed by atoms with van der Waals surface area (Å²) in [6.45, 7) is 2.29. The van der Waals surface area contributed by atoms with Crippen LogP contribution in [0, 0.1) is 0 Å². The predicted molar refractivity (Wildman–Crippen MR) is 84.5 cm³/mol. The fraction of sp³-hybridized carbons (Fsp3) is 0.385. The van der Waals surface area contributed by atoms with Crippen molar-refractivity contribution in [1.29, 1.82) is 0 Å². The van der Waals surface area contributed by atoms with Gasteiger partial charge >= 0.3 is 0 Å². The average Bonchev–Trinajstić information content (AvgIpc) is 3.09. The van der Waals surface area contributed by atoms with E-state index >= 15 is 0 Å². The van der Waals surface area contributed by atoms with Crippen molar-refractivity contribution >= 4 is 32.7 Å². The highest BCUT2D eigenvalue weighted by Gasteiger charge is 2.24. The summed E-state index contributed by atoms with van der Waals surface area (Å²) in [5.41, 5.74) is 5.60. The molecule has 0 fully saturated rings. The number of hydrogen-bond acceptors (Lipinski definition) is 5.